The van der Waals surface area contributed by atoms with Crippen LogP contribution in [0.15, 0.2) is 50.2 Å². The molecule has 4 heterocycles. The molecule has 0 N–H and O–H groups in total. The van der Waals surface area contributed by atoms with Crippen LogP contribution in [0, 0.1) is 0 Å². The highest BCUT2D eigenvalue weighted by molar-refractivity contribution is 7.99. The van der Waals surface area contributed by atoms with Crippen molar-refractivity contribution in [2.24, 2.45) is 0 Å². The van der Waals surface area contributed by atoms with E-state index >= 15 is 0 Å². The molecule has 32 heavy (non-hydrogen) atoms. The van der Waals surface area contributed by atoms with Gasteiger partial charge in [0.2, 0.25) is 15.9 Å². The standard InChI is InChI=1S/C21H22N4O4S3/c26-19(14-31-21-23-22-20(29-21)18-5-4-12-30-18)25-11-8-15-13-16(6-7-17(15)25)32(27,28)24-9-2-1-3-10-24/h4-7,12-13H,1-3,8-11,14H2. The van der Waals surface area contributed by atoms with Crippen LogP contribution in [0.2, 0.25) is 0 Å². The number of carbonyl (C=O) groups is 1. The van der Waals surface area contributed by atoms with Crippen LogP contribution in [-0.4, -0.2) is 54.2 Å². The monoisotopic (exact) mass is 490 g/mol. The maximum Gasteiger partial charge on any atom is 0.277 e. The number of piperidine rings is 1. The summed E-state index contributed by atoms with van der Waals surface area (Å²) in [4.78, 5) is 15.7. The molecule has 2 aliphatic rings. The fraction of sp³-hybridized carbons (Fsp3) is 0.381. The molecule has 0 aliphatic carbocycles. The summed E-state index contributed by atoms with van der Waals surface area (Å²) in [6, 6.07) is 8.91. The minimum atomic E-state index is -3.48. The zero-order valence-electron chi connectivity index (χ0n) is 17.3. The van der Waals surface area contributed by atoms with E-state index in [1.807, 2.05) is 17.5 Å². The first-order chi connectivity index (χ1) is 15.5. The number of anilines is 1. The predicted molar refractivity (Wildman–Crippen MR) is 123 cm³/mol. The minimum Gasteiger partial charge on any atom is -0.410 e. The van der Waals surface area contributed by atoms with Crippen molar-refractivity contribution in [3.8, 4) is 10.8 Å². The zero-order chi connectivity index (χ0) is 22.1. The molecular weight excluding hydrogens is 468 g/mol. The smallest absolute Gasteiger partial charge is 0.277 e. The first-order valence-corrected chi connectivity index (χ1v) is 13.8. The summed E-state index contributed by atoms with van der Waals surface area (Å²) in [6.07, 6.45) is 3.51. The van der Waals surface area contributed by atoms with Crippen molar-refractivity contribution >= 4 is 44.7 Å². The molecule has 8 nitrogen and oxygen atoms in total. The lowest BCUT2D eigenvalue weighted by Crippen LogP contribution is -2.35. The molecule has 3 aromatic rings. The van der Waals surface area contributed by atoms with Crippen molar-refractivity contribution in [2.75, 3.05) is 30.3 Å². The maximum atomic E-state index is 13.0. The molecule has 168 valence electrons. The van der Waals surface area contributed by atoms with Crippen molar-refractivity contribution in [1.29, 1.82) is 0 Å². The quantitative estimate of drug-likeness (QED) is 0.487. The van der Waals surface area contributed by atoms with Crippen LogP contribution < -0.4 is 4.90 Å². The molecule has 11 heteroatoms. The SMILES string of the molecule is O=C(CSc1nnc(-c2cccs2)o1)N1CCc2cc(S(=O)(=O)N3CCCCC3)ccc21. The van der Waals surface area contributed by atoms with E-state index in [9.17, 15) is 13.2 Å². The molecule has 1 fully saturated rings. The second-order valence-corrected chi connectivity index (χ2v) is 11.5. The Morgan fingerprint density at radius 2 is 1.97 bits per heavy atom. The van der Waals surface area contributed by atoms with Crippen LogP contribution >= 0.6 is 23.1 Å². The number of fused-ring (bicyclic) bond motifs is 1. The number of nitrogens with zero attached hydrogens (tertiary/aromatic N) is 4. The van der Waals surface area contributed by atoms with Gasteiger partial charge in [-0.2, -0.15) is 4.31 Å². The van der Waals surface area contributed by atoms with Crippen LogP contribution in [0.3, 0.4) is 0 Å². The fourth-order valence-electron chi connectivity index (χ4n) is 4.02. The topological polar surface area (TPSA) is 96.6 Å². The summed E-state index contributed by atoms with van der Waals surface area (Å²) in [5.74, 6) is 0.541. The Balaban J connectivity index is 1.25. The van der Waals surface area contributed by atoms with Gasteiger partial charge in [-0.05, 0) is 54.5 Å². The lowest BCUT2D eigenvalue weighted by molar-refractivity contribution is -0.116. The first kappa shape index (κ1) is 21.6. The third kappa shape index (κ3) is 4.21. The number of hydrogen-bond acceptors (Lipinski definition) is 8. The summed E-state index contributed by atoms with van der Waals surface area (Å²) in [5, 5.41) is 10.3. The molecule has 0 radical (unpaired) electrons. The molecule has 0 saturated carbocycles. The van der Waals surface area contributed by atoms with Gasteiger partial charge < -0.3 is 9.32 Å². The number of thiophene rings is 1. The largest absolute Gasteiger partial charge is 0.410 e. The normalized spacial score (nSPS) is 16.9. The molecule has 0 bridgehead atoms. The highest BCUT2D eigenvalue weighted by atomic mass is 32.2. The van der Waals surface area contributed by atoms with Gasteiger partial charge in [-0.15, -0.1) is 21.5 Å². The number of thioether (sulfide) groups is 1. The van der Waals surface area contributed by atoms with Crippen LogP contribution in [-0.2, 0) is 21.2 Å². The van der Waals surface area contributed by atoms with Crippen molar-refractivity contribution in [3.63, 3.8) is 0 Å². The molecule has 1 amide bonds. The van der Waals surface area contributed by atoms with Crippen LogP contribution in [0.4, 0.5) is 5.69 Å². The lowest BCUT2D eigenvalue weighted by Gasteiger charge is -2.26. The zero-order valence-corrected chi connectivity index (χ0v) is 19.7. The Labute approximate surface area is 194 Å². The number of benzene rings is 1. The predicted octanol–water partition coefficient (Wildman–Crippen LogP) is 3.65. The van der Waals surface area contributed by atoms with Gasteiger partial charge in [0.15, 0.2) is 0 Å². The van der Waals surface area contributed by atoms with E-state index in [4.69, 9.17) is 4.42 Å². The Bertz CT molecular complexity index is 1220. The van der Waals surface area contributed by atoms with Gasteiger partial charge in [0.1, 0.15) is 0 Å². The van der Waals surface area contributed by atoms with Gasteiger partial charge in [0.05, 0.1) is 15.5 Å². The van der Waals surface area contributed by atoms with E-state index in [1.165, 1.54) is 23.1 Å². The van der Waals surface area contributed by atoms with Gasteiger partial charge >= 0.3 is 0 Å². The first-order valence-electron chi connectivity index (χ1n) is 10.5. The molecule has 0 spiro atoms. The maximum absolute atomic E-state index is 13.0. The van der Waals surface area contributed by atoms with Crippen LogP contribution in [0.1, 0.15) is 24.8 Å². The number of sulfonamides is 1. The Hall–Kier alpha value is -2.21. The Morgan fingerprint density at radius 3 is 2.75 bits per heavy atom. The van der Waals surface area contributed by atoms with Crippen molar-refractivity contribution < 1.29 is 17.6 Å². The van der Waals surface area contributed by atoms with E-state index in [-0.39, 0.29) is 11.7 Å². The Morgan fingerprint density at radius 1 is 1.12 bits per heavy atom. The van der Waals surface area contributed by atoms with E-state index in [0.29, 0.717) is 42.1 Å². The number of carbonyl (C=O) groups excluding carboxylic acids is 1. The van der Waals surface area contributed by atoms with Crippen molar-refractivity contribution in [3.05, 3.63) is 41.3 Å². The molecule has 5 rings (SSSR count). The summed E-state index contributed by atoms with van der Waals surface area (Å²) >= 11 is 2.72. The van der Waals surface area contributed by atoms with E-state index in [2.05, 4.69) is 10.2 Å². The second-order valence-electron chi connectivity index (χ2n) is 7.69. The number of amides is 1. The van der Waals surface area contributed by atoms with E-state index in [1.54, 1.807) is 27.4 Å². The highest BCUT2D eigenvalue weighted by Gasteiger charge is 2.30. The number of hydrogen-bond donors (Lipinski definition) is 0. The molecule has 2 aliphatic heterocycles. The molecular formula is C21H22N4O4S3. The molecule has 1 aromatic carbocycles. The van der Waals surface area contributed by atoms with Crippen molar-refractivity contribution in [2.45, 2.75) is 35.8 Å². The van der Waals surface area contributed by atoms with Gasteiger partial charge in [-0.1, -0.05) is 24.2 Å². The summed E-state index contributed by atoms with van der Waals surface area (Å²) in [6.45, 7) is 1.68. The third-order valence-electron chi connectivity index (χ3n) is 5.66. The average molecular weight is 491 g/mol. The summed E-state index contributed by atoms with van der Waals surface area (Å²) in [7, 11) is -3.48. The molecule has 0 atom stereocenters. The summed E-state index contributed by atoms with van der Waals surface area (Å²) in [5.41, 5.74) is 1.66. The van der Waals surface area contributed by atoms with Crippen LogP contribution in [0.5, 0.6) is 0 Å². The highest BCUT2D eigenvalue weighted by Crippen LogP contribution is 2.33. The van der Waals surface area contributed by atoms with Gasteiger partial charge in [-0.3, -0.25) is 4.79 Å². The number of rotatable bonds is 6. The van der Waals surface area contributed by atoms with Crippen LogP contribution in [0.25, 0.3) is 10.8 Å². The lowest BCUT2D eigenvalue weighted by atomic mass is 10.2. The average Bonchev–Trinajstić information content (AvgIpc) is 3.58. The summed E-state index contributed by atoms with van der Waals surface area (Å²) < 4.78 is 33.1. The van der Waals surface area contributed by atoms with E-state index < -0.39 is 10.0 Å². The number of aromatic nitrogens is 2. The minimum absolute atomic E-state index is 0.0729. The third-order valence-corrected chi connectivity index (χ3v) is 9.21. The Kier molecular flexibility index (Phi) is 6.06. The van der Waals surface area contributed by atoms with Gasteiger partial charge in [0.25, 0.3) is 11.1 Å². The fourth-order valence-corrected chi connectivity index (χ4v) is 6.87. The van der Waals surface area contributed by atoms with Gasteiger partial charge in [-0.25, -0.2) is 8.42 Å². The molecule has 2 aromatic heterocycles. The molecule has 0 unspecified atom stereocenters. The molecule has 1 saturated heterocycles. The van der Waals surface area contributed by atoms with Gasteiger partial charge in [0, 0.05) is 25.3 Å². The second kappa shape index (κ2) is 8.97. The van der Waals surface area contributed by atoms with Crippen molar-refractivity contribution in [1.82, 2.24) is 14.5 Å². The van der Waals surface area contributed by atoms with E-state index in [0.717, 1.165) is 35.4 Å².